The molecule has 100 valence electrons. The van der Waals surface area contributed by atoms with Crippen molar-refractivity contribution in [3.8, 4) is 0 Å². The van der Waals surface area contributed by atoms with Gasteiger partial charge >= 0.3 is 0 Å². The molecule has 2 saturated carbocycles. The first kappa shape index (κ1) is 13.3. The molecule has 0 aromatic carbocycles. The molecule has 0 aromatic heterocycles. The van der Waals surface area contributed by atoms with Crippen LogP contribution in [0.4, 0.5) is 0 Å². The van der Waals surface area contributed by atoms with Gasteiger partial charge in [0, 0.05) is 17.3 Å². The maximum absolute atomic E-state index is 12.5. The minimum atomic E-state index is -1.08. The molecule has 0 aliphatic heterocycles. The number of Topliss-reactive ketones (excluding diaryl/α,β-unsaturated/α-hetero) is 1. The number of ketones is 1. The molecule has 2 fully saturated rings. The predicted octanol–water partition coefficient (Wildman–Crippen LogP) is 1.71. The summed E-state index contributed by atoms with van der Waals surface area (Å²) in [7, 11) is 0. The quantitative estimate of drug-likeness (QED) is 0.715. The molecular weight excluding hydrogens is 228 g/mol. The predicted molar refractivity (Wildman–Crippen MR) is 66.5 cm³/mol. The zero-order valence-electron chi connectivity index (χ0n) is 11.6. The summed E-state index contributed by atoms with van der Waals surface area (Å²) in [5.74, 6) is -1.35. The molecule has 18 heavy (non-hydrogen) atoms. The van der Waals surface area contributed by atoms with Gasteiger partial charge in [0.2, 0.25) is 0 Å². The molecule has 0 saturated heterocycles. The van der Waals surface area contributed by atoms with Crippen molar-refractivity contribution >= 4 is 11.8 Å². The van der Waals surface area contributed by atoms with E-state index in [0.717, 1.165) is 18.4 Å². The van der Waals surface area contributed by atoms with E-state index in [2.05, 4.69) is 13.8 Å². The van der Waals surface area contributed by atoms with Crippen molar-refractivity contribution in [1.29, 1.82) is 0 Å². The summed E-state index contributed by atoms with van der Waals surface area (Å²) >= 11 is 0. The molecule has 0 unspecified atom stereocenters. The smallest absolute Gasteiger partial charge is 0.165 e. The first-order valence-electron chi connectivity index (χ1n) is 6.73. The Kier molecular flexibility index (Phi) is 2.91. The van der Waals surface area contributed by atoms with Gasteiger partial charge in [-0.15, -0.1) is 0 Å². The maximum Gasteiger partial charge on any atom is 0.165 e. The Balaban J connectivity index is 2.41. The number of carboxylic acid groups (broad SMARTS) is 1. The molecule has 2 aliphatic carbocycles. The average molecular weight is 249 g/mol. The zero-order chi connectivity index (χ0) is 13.7. The van der Waals surface area contributed by atoms with E-state index in [9.17, 15) is 14.7 Å². The Morgan fingerprint density at radius 3 is 2.50 bits per heavy atom. The lowest BCUT2D eigenvalue weighted by Crippen LogP contribution is -2.33. The van der Waals surface area contributed by atoms with Crippen molar-refractivity contribution in [2.75, 3.05) is 0 Å². The normalized spacial score (nSPS) is 37.2. The van der Waals surface area contributed by atoms with Crippen molar-refractivity contribution in [3.05, 3.63) is 11.6 Å². The molecule has 2 bridgehead atoms. The third kappa shape index (κ3) is 1.49. The highest BCUT2D eigenvalue weighted by Crippen LogP contribution is 2.65. The lowest BCUT2D eigenvalue weighted by atomic mass is 9.70. The van der Waals surface area contributed by atoms with Crippen LogP contribution in [0.1, 0.15) is 47.0 Å². The summed E-state index contributed by atoms with van der Waals surface area (Å²) < 4.78 is 0. The van der Waals surface area contributed by atoms with E-state index in [4.69, 9.17) is 0 Å². The SMILES string of the molecule is CC[C@H](/C=C1/C(=O)[C@]2(C)CC[C@@H]1C2(C)C)C(=O)[O-]. The van der Waals surface area contributed by atoms with E-state index in [1.165, 1.54) is 0 Å². The lowest BCUT2D eigenvalue weighted by molar-refractivity contribution is -0.309. The van der Waals surface area contributed by atoms with Crippen molar-refractivity contribution in [2.45, 2.75) is 47.0 Å². The number of allylic oxidation sites excluding steroid dienone is 1. The van der Waals surface area contributed by atoms with Crippen LogP contribution in [0, 0.1) is 22.7 Å². The molecule has 3 heteroatoms. The second-order valence-corrected chi connectivity index (χ2v) is 6.43. The maximum atomic E-state index is 12.5. The van der Waals surface area contributed by atoms with Gasteiger partial charge in [-0.05, 0) is 36.2 Å². The summed E-state index contributed by atoms with van der Waals surface area (Å²) in [5, 5.41) is 11.0. The third-order valence-corrected chi connectivity index (χ3v) is 5.49. The Morgan fingerprint density at radius 2 is 2.11 bits per heavy atom. The molecule has 3 nitrogen and oxygen atoms in total. The topological polar surface area (TPSA) is 57.2 Å². The van der Waals surface area contributed by atoms with E-state index in [1.807, 2.05) is 13.8 Å². The van der Waals surface area contributed by atoms with E-state index < -0.39 is 11.9 Å². The van der Waals surface area contributed by atoms with Crippen LogP contribution in [0.5, 0.6) is 0 Å². The largest absolute Gasteiger partial charge is 0.550 e. The molecule has 0 amide bonds. The fourth-order valence-corrected chi connectivity index (χ4v) is 3.69. The van der Waals surface area contributed by atoms with Crippen LogP contribution in [-0.2, 0) is 9.59 Å². The van der Waals surface area contributed by atoms with Crippen LogP contribution in [-0.4, -0.2) is 11.8 Å². The summed E-state index contributed by atoms with van der Waals surface area (Å²) in [5.41, 5.74) is 0.373. The van der Waals surface area contributed by atoms with Gasteiger partial charge in [-0.1, -0.05) is 33.8 Å². The van der Waals surface area contributed by atoms with E-state index in [0.29, 0.717) is 6.42 Å². The van der Waals surface area contributed by atoms with Gasteiger partial charge in [0.05, 0.1) is 0 Å². The first-order chi connectivity index (χ1) is 8.25. The van der Waals surface area contributed by atoms with E-state index in [-0.39, 0.29) is 22.5 Å². The Morgan fingerprint density at radius 1 is 1.50 bits per heavy atom. The Bertz CT molecular complexity index is 433. The second-order valence-electron chi connectivity index (χ2n) is 6.43. The standard InChI is InChI=1S/C15H22O3/c1-5-9(13(17)18)8-10-11-6-7-15(4,12(10)16)14(11,2)3/h8-9,11H,5-7H2,1-4H3,(H,17,18)/p-1/b10-8+/t9-,11+,15+/m1/s1. The number of fused-ring (bicyclic) bond motifs is 2. The number of carbonyl (C=O) groups excluding carboxylic acids is 2. The number of carboxylic acids is 1. The van der Waals surface area contributed by atoms with Crippen LogP contribution >= 0.6 is 0 Å². The van der Waals surface area contributed by atoms with Gasteiger partial charge in [-0.3, -0.25) is 4.79 Å². The van der Waals surface area contributed by atoms with Gasteiger partial charge in [0.1, 0.15) is 0 Å². The highest BCUT2D eigenvalue weighted by molar-refractivity contribution is 6.05. The average Bonchev–Trinajstić information content (AvgIpc) is 2.59. The minimum Gasteiger partial charge on any atom is -0.550 e. The summed E-state index contributed by atoms with van der Waals surface area (Å²) in [6.45, 7) is 8.09. The number of rotatable bonds is 3. The van der Waals surface area contributed by atoms with E-state index in [1.54, 1.807) is 6.08 Å². The van der Waals surface area contributed by atoms with Crippen molar-refractivity contribution < 1.29 is 14.7 Å². The molecule has 0 N–H and O–H groups in total. The summed E-state index contributed by atoms with van der Waals surface area (Å²) in [4.78, 5) is 23.5. The van der Waals surface area contributed by atoms with Gasteiger partial charge in [-0.25, -0.2) is 0 Å². The highest BCUT2D eigenvalue weighted by atomic mass is 16.4. The van der Waals surface area contributed by atoms with Gasteiger partial charge in [-0.2, -0.15) is 0 Å². The monoisotopic (exact) mass is 249 g/mol. The van der Waals surface area contributed by atoms with Crippen LogP contribution in [0.2, 0.25) is 0 Å². The summed E-state index contributed by atoms with van der Waals surface area (Å²) in [6, 6.07) is 0. The van der Waals surface area contributed by atoms with Crippen LogP contribution in [0.3, 0.4) is 0 Å². The van der Waals surface area contributed by atoms with Crippen LogP contribution in [0.25, 0.3) is 0 Å². The van der Waals surface area contributed by atoms with E-state index >= 15 is 0 Å². The molecule has 0 radical (unpaired) electrons. The fraction of sp³-hybridized carbons (Fsp3) is 0.733. The highest BCUT2D eigenvalue weighted by Gasteiger charge is 2.63. The number of aliphatic carboxylic acids is 1. The minimum absolute atomic E-state index is 0.0554. The molecule has 2 aliphatic rings. The van der Waals surface area contributed by atoms with Gasteiger partial charge in [0.15, 0.2) is 5.78 Å². The first-order valence-corrected chi connectivity index (χ1v) is 6.73. The third-order valence-electron chi connectivity index (χ3n) is 5.49. The number of hydrogen-bond acceptors (Lipinski definition) is 3. The number of carbonyl (C=O) groups is 2. The Hall–Kier alpha value is -1.12. The van der Waals surface area contributed by atoms with Gasteiger partial charge in [0.25, 0.3) is 0 Å². The molecule has 0 spiro atoms. The molecule has 0 aromatic rings. The van der Waals surface area contributed by atoms with Gasteiger partial charge < -0.3 is 9.90 Å². The molecule has 0 heterocycles. The Labute approximate surface area is 108 Å². The lowest BCUT2D eigenvalue weighted by Gasteiger charge is -2.31. The van der Waals surface area contributed by atoms with Crippen molar-refractivity contribution in [1.82, 2.24) is 0 Å². The molecular formula is C15H21O3-. The van der Waals surface area contributed by atoms with Crippen LogP contribution in [0.15, 0.2) is 11.6 Å². The van der Waals surface area contributed by atoms with Crippen LogP contribution < -0.4 is 5.11 Å². The zero-order valence-corrected chi connectivity index (χ0v) is 11.6. The molecule has 3 atom stereocenters. The number of hydrogen-bond donors (Lipinski definition) is 0. The fourth-order valence-electron chi connectivity index (χ4n) is 3.69. The summed E-state index contributed by atoms with van der Waals surface area (Å²) in [6.07, 6.45) is 4.05. The van der Waals surface area contributed by atoms with Crippen molar-refractivity contribution in [2.24, 2.45) is 22.7 Å². The molecule has 2 rings (SSSR count). The second kappa shape index (κ2) is 3.94. The van der Waals surface area contributed by atoms with Crippen molar-refractivity contribution in [3.63, 3.8) is 0 Å².